The predicted molar refractivity (Wildman–Crippen MR) is 59.7 cm³/mol. The van der Waals surface area contributed by atoms with Gasteiger partial charge < -0.3 is 0 Å². The number of hydrogen-bond acceptors (Lipinski definition) is 1. The fraction of sp³-hybridized carbons (Fsp3) is 0.364. The first-order chi connectivity index (χ1) is 6.63. The van der Waals surface area contributed by atoms with Gasteiger partial charge in [0.1, 0.15) is 0 Å². The van der Waals surface area contributed by atoms with Gasteiger partial charge in [-0.2, -0.15) is 5.26 Å². The molecule has 0 N–H and O–H groups in total. The highest BCUT2D eigenvalue weighted by Crippen LogP contribution is 2.26. The zero-order valence-corrected chi connectivity index (χ0v) is 9.44. The van der Waals surface area contributed by atoms with E-state index in [-0.39, 0.29) is 0 Å². The molecule has 0 amide bonds. The third-order valence-electron chi connectivity index (χ3n) is 2.14. The normalized spacial score (nSPS) is 12.1. The quantitative estimate of drug-likeness (QED) is 0.752. The minimum Gasteiger partial charge on any atom is -0.198 e. The van der Waals surface area contributed by atoms with Crippen LogP contribution in [0.1, 0.15) is 31.2 Å². The van der Waals surface area contributed by atoms with Gasteiger partial charge in [-0.25, -0.2) is 0 Å². The van der Waals surface area contributed by atoms with Crippen molar-refractivity contribution in [2.24, 2.45) is 0 Å². The largest absolute Gasteiger partial charge is 0.198 e. The molecule has 0 spiro atoms. The summed E-state index contributed by atoms with van der Waals surface area (Å²) in [6.45, 7) is 2.07. The van der Waals surface area contributed by atoms with Crippen molar-refractivity contribution in [3.8, 4) is 6.07 Å². The monoisotopic (exact) mass is 227 g/mol. The summed E-state index contributed by atoms with van der Waals surface area (Å²) in [5.41, 5.74) is 1.10. The Balaban J connectivity index is 2.79. The molecule has 0 saturated carbocycles. The highest BCUT2D eigenvalue weighted by atomic mass is 35.5. The summed E-state index contributed by atoms with van der Waals surface area (Å²) in [5, 5.41) is 9.77. The Hall–Kier alpha value is -0.710. The van der Waals surface area contributed by atoms with E-state index in [1.807, 2.05) is 12.1 Å². The third kappa shape index (κ3) is 3.21. The fourth-order valence-corrected chi connectivity index (χ4v) is 1.85. The third-order valence-corrected chi connectivity index (χ3v) is 2.58. The van der Waals surface area contributed by atoms with Crippen molar-refractivity contribution in [1.29, 1.82) is 5.26 Å². The molecule has 1 rings (SSSR count). The Labute approximate surface area is 94.3 Å². The Bertz CT molecular complexity index is 335. The molecule has 0 heterocycles. The van der Waals surface area contributed by atoms with Crippen LogP contribution in [0.15, 0.2) is 18.2 Å². The van der Waals surface area contributed by atoms with E-state index in [1.54, 1.807) is 6.07 Å². The lowest BCUT2D eigenvalue weighted by Crippen LogP contribution is -1.93. The second-order valence-electron chi connectivity index (χ2n) is 3.30. The number of hydrogen-bond donors (Lipinski definition) is 0. The van der Waals surface area contributed by atoms with Crippen molar-refractivity contribution in [3.05, 3.63) is 33.8 Å². The minimum atomic E-state index is 0.325. The number of rotatable bonds is 3. The maximum atomic E-state index is 8.47. The van der Waals surface area contributed by atoms with Crippen LogP contribution in [0.4, 0.5) is 0 Å². The lowest BCUT2D eigenvalue weighted by molar-refractivity contribution is 0.695. The van der Waals surface area contributed by atoms with E-state index in [2.05, 4.69) is 13.0 Å². The van der Waals surface area contributed by atoms with E-state index in [4.69, 9.17) is 28.5 Å². The Morgan fingerprint density at radius 3 is 2.36 bits per heavy atom. The molecule has 0 aliphatic heterocycles. The maximum Gasteiger partial charge on any atom is 0.0621 e. The first-order valence-electron chi connectivity index (χ1n) is 4.46. The molecular formula is C11H11Cl2N. The Kier molecular flexibility index (Phi) is 4.25. The smallest absolute Gasteiger partial charge is 0.0621 e. The van der Waals surface area contributed by atoms with Crippen molar-refractivity contribution in [2.45, 2.75) is 25.7 Å². The Morgan fingerprint density at radius 2 is 1.86 bits per heavy atom. The summed E-state index contributed by atoms with van der Waals surface area (Å²) in [4.78, 5) is 0. The minimum absolute atomic E-state index is 0.325. The molecule has 1 atom stereocenters. The van der Waals surface area contributed by atoms with Crippen LogP contribution >= 0.6 is 23.2 Å². The van der Waals surface area contributed by atoms with Crippen LogP contribution in [0.5, 0.6) is 0 Å². The van der Waals surface area contributed by atoms with Crippen molar-refractivity contribution in [2.75, 3.05) is 0 Å². The van der Waals surface area contributed by atoms with Gasteiger partial charge in [0.25, 0.3) is 0 Å². The van der Waals surface area contributed by atoms with Gasteiger partial charge in [0.15, 0.2) is 0 Å². The number of nitriles is 1. The van der Waals surface area contributed by atoms with Crippen molar-refractivity contribution >= 4 is 23.2 Å². The molecule has 0 aliphatic carbocycles. The molecule has 3 heteroatoms. The van der Waals surface area contributed by atoms with Crippen molar-refractivity contribution in [1.82, 2.24) is 0 Å². The molecule has 14 heavy (non-hydrogen) atoms. The van der Waals surface area contributed by atoms with E-state index in [0.717, 1.165) is 12.0 Å². The van der Waals surface area contributed by atoms with E-state index in [9.17, 15) is 0 Å². The molecular weight excluding hydrogens is 217 g/mol. The standard InChI is InChI=1S/C11H11Cl2N/c1-8(3-2-4-14)9-5-10(12)7-11(13)6-9/h5-8H,2-3H2,1H3. The van der Waals surface area contributed by atoms with Crippen LogP contribution in [0.2, 0.25) is 10.0 Å². The second kappa shape index (κ2) is 5.24. The molecule has 0 aromatic heterocycles. The van der Waals surface area contributed by atoms with Crippen LogP contribution < -0.4 is 0 Å². The fourth-order valence-electron chi connectivity index (χ4n) is 1.31. The summed E-state index contributed by atoms with van der Waals surface area (Å²) in [5.74, 6) is 0.325. The van der Waals surface area contributed by atoms with Crippen LogP contribution in [-0.2, 0) is 0 Å². The van der Waals surface area contributed by atoms with Crippen molar-refractivity contribution < 1.29 is 0 Å². The molecule has 0 bridgehead atoms. The molecule has 1 unspecified atom stereocenters. The van der Waals surface area contributed by atoms with E-state index < -0.39 is 0 Å². The molecule has 0 saturated heterocycles. The average molecular weight is 228 g/mol. The van der Waals surface area contributed by atoms with Crippen molar-refractivity contribution in [3.63, 3.8) is 0 Å². The van der Waals surface area contributed by atoms with Gasteiger partial charge in [-0.15, -0.1) is 0 Å². The molecule has 0 fully saturated rings. The van der Waals surface area contributed by atoms with Gasteiger partial charge in [0.2, 0.25) is 0 Å². The van der Waals surface area contributed by atoms with Gasteiger partial charge in [-0.3, -0.25) is 0 Å². The highest BCUT2D eigenvalue weighted by Gasteiger charge is 2.06. The number of benzene rings is 1. The molecule has 0 aliphatic rings. The maximum absolute atomic E-state index is 8.47. The van der Waals surface area contributed by atoms with Crippen LogP contribution in [-0.4, -0.2) is 0 Å². The van der Waals surface area contributed by atoms with Crippen LogP contribution in [0.3, 0.4) is 0 Å². The summed E-state index contributed by atoms with van der Waals surface area (Å²) < 4.78 is 0. The highest BCUT2D eigenvalue weighted by molar-refractivity contribution is 6.34. The summed E-state index contributed by atoms with van der Waals surface area (Å²) in [7, 11) is 0. The van der Waals surface area contributed by atoms with Gasteiger partial charge in [0.05, 0.1) is 6.07 Å². The number of nitrogens with zero attached hydrogens (tertiary/aromatic N) is 1. The second-order valence-corrected chi connectivity index (χ2v) is 4.17. The predicted octanol–water partition coefficient (Wildman–Crippen LogP) is 4.40. The summed E-state index contributed by atoms with van der Waals surface area (Å²) in [6, 6.07) is 7.64. The van der Waals surface area contributed by atoms with Crippen LogP contribution in [0, 0.1) is 11.3 Å². The van der Waals surface area contributed by atoms with Gasteiger partial charge in [-0.1, -0.05) is 30.1 Å². The van der Waals surface area contributed by atoms with E-state index in [0.29, 0.717) is 22.4 Å². The van der Waals surface area contributed by atoms with Gasteiger partial charge >= 0.3 is 0 Å². The Morgan fingerprint density at radius 1 is 1.29 bits per heavy atom. The average Bonchev–Trinajstić information content (AvgIpc) is 2.12. The molecule has 1 nitrogen and oxygen atoms in total. The molecule has 0 radical (unpaired) electrons. The van der Waals surface area contributed by atoms with Gasteiger partial charge in [0, 0.05) is 16.5 Å². The summed E-state index contributed by atoms with van der Waals surface area (Å²) >= 11 is 11.8. The van der Waals surface area contributed by atoms with Gasteiger partial charge in [-0.05, 0) is 36.1 Å². The first kappa shape index (κ1) is 11.4. The SMILES string of the molecule is CC(CCC#N)c1cc(Cl)cc(Cl)c1. The lowest BCUT2D eigenvalue weighted by Gasteiger charge is -2.10. The lowest BCUT2D eigenvalue weighted by atomic mass is 9.97. The van der Waals surface area contributed by atoms with Crippen LogP contribution in [0.25, 0.3) is 0 Å². The number of halogens is 2. The molecule has 1 aromatic carbocycles. The molecule has 1 aromatic rings. The zero-order valence-electron chi connectivity index (χ0n) is 7.93. The molecule has 74 valence electrons. The zero-order chi connectivity index (χ0) is 10.6. The topological polar surface area (TPSA) is 23.8 Å². The van der Waals surface area contributed by atoms with E-state index in [1.165, 1.54) is 0 Å². The first-order valence-corrected chi connectivity index (χ1v) is 5.22. The van der Waals surface area contributed by atoms with E-state index >= 15 is 0 Å². The summed E-state index contributed by atoms with van der Waals surface area (Å²) in [6.07, 6.45) is 1.40.